The summed E-state index contributed by atoms with van der Waals surface area (Å²) in [5, 5.41) is 1.12. The maximum atomic E-state index is 6.02. The minimum Gasteiger partial charge on any atom is -0.398 e. The topological polar surface area (TPSA) is 26.0 Å². The SMILES string of the molecule is Cc1cccc(Sc2ccc(Cl)c(Cl)c2)c1N. The van der Waals surface area contributed by atoms with Crippen molar-refractivity contribution in [3.8, 4) is 0 Å². The van der Waals surface area contributed by atoms with Crippen LogP contribution >= 0.6 is 35.0 Å². The van der Waals surface area contributed by atoms with Crippen LogP contribution in [0.15, 0.2) is 46.2 Å². The highest BCUT2D eigenvalue weighted by Crippen LogP contribution is 2.36. The number of halogens is 2. The molecule has 0 heterocycles. The first-order chi connectivity index (χ1) is 8.08. The second-order valence-corrected chi connectivity index (χ2v) is 5.59. The monoisotopic (exact) mass is 283 g/mol. The lowest BCUT2D eigenvalue weighted by Crippen LogP contribution is -1.91. The number of anilines is 1. The van der Waals surface area contributed by atoms with Gasteiger partial charge in [0.2, 0.25) is 0 Å². The number of rotatable bonds is 2. The van der Waals surface area contributed by atoms with Crippen molar-refractivity contribution in [2.24, 2.45) is 0 Å². The lowest BCUT2D eigenvalue weighted by molar-refractivity contribution is 1.35. The van der Waals surface area contributed by atoms with Crippen LogP contribution in [-0.2, 0) is 0 Å². The average molecular weight is 284 g/mol. The molecular formula is C13H11Cl2NS. The van der Waals surface area contributed by atoms with Crippen LogP contribution in [0.2, 0.25) is 10.0 Å². The summed E-state index contributed by atoms with van der Waals surface area (Å²) in [4.78, 5) is 2.06. The molecule has 0 saturated carbocycles. The molecule has 0 spiro atoms. The predicted molar refractivity (Wildman–Crippen MR) is 76.2 cm³/mol. The standard InChI is InChI=1S/C13H11Cl2NS/c1-8-3-2-4-12(13(8)16)17-9-5-6-10(14)11(15)7-9/h2-7H,16H2,1H3. The van der Waals surface area contributed by atoms with Gasteiger partial charge in [-0.2, -0.15) is 0 Å². The molecule has 88 valence electrons. The zero-order valence-electron chi connectivity index (χ0n) is 9.21. The van der Waals surface area contributed by atoms with Crippen molar-refractivity contribution >= 4 is 40.7 Å². The Bertz CT molecular complexity index is 555. The van der Waals surface area contributed by atoms with Crippen LogP contribution in [0.5, 0.6) is 0 Å². The summed E-state index contributed by atoms with van der Waals surface area (Å²) >= 11 is 13.4. The van der Waals surface area contributed by atoms with E-state index in [4.69, 9.17) is 28.9 Å². The second kappa shape index (κ2) is 5.21. The number of nitrogen functional groups attached to an aromatic ring is 1. The Kier molecular flexibility index (Phi) is 3.87. The minimum absolute atomic E-state index is 0.558. The molecule has 2 rings (SSSR count). The lowest BCUT2D eigenvalue weighted by Gasteiger charge is -2.08. The Morgan fingerprint density at radius 2 is 1.82 bits per heavy atom. The zero-order valence-corrected chi connectivity index (χ0v) is 11.5. The Hall–Kier alpha value is -0.830. The van der Waals surface area contributed by atoms with Crippen LogP contribution in [0, 0.1) is 6.92 Å². The summed E-state index contributed by atoms with van der Waals surface area (Å²) in [5.41, 5.74) is 7.91. The van der Waals surface area contributed by atoms with Gasteiger partial charge >= 0.3 is 0 Å². The normalized spacial score (nSPS) is 10.5. The molecule has 1 nitrogen and oxygen atoms in total. The van der Waals surface area contributed by atoms with Crippen molar-refractivity contribution in [2.45, 2.75) is 16.7 Å². The van der Waals surface area contributed by atoms with E-state index in [1.165, 1.54) is 0 Å². The molecule has 4 heteroatoms. The van der Waals surface area contributed by atoms with Gasteiger partial charge in [-0.05, 0) is 36.8 Å². The molecule has 0 radical (unpaired) electrons. The van der Waals surface area contributed by atoms with Gasteiger partial charge in [0.1, 0.15) is 0 Å². The average Bonchev–Trinajstić information content (AvgIpc) is 2.30. The number of nitrogens with two attached hydrogens (primary N) is 1. The first-order valence-corrected chi connectivity index (χ1v) is 6.63. The van der Waals surface area contributed by atoms with E-state index < -0.39 is 0 Å². The van der Waals surface area contributed by atoms with Gasteiger partial charge in [-0.15, -0.1) is 0 Å². The second-order valence-electron chi connectivity index (χ2n) is 3.66. The third kappa shape index (κ3) is 2.89. The fraction of sp³-hybridized carbons (Fsp3) is 0.0769. The molecule has 0 aliphatic rings. The number of hydrogen-bond acceptors (Lipinski definition) is 2. The van der Waals surface area contributed by atoms with Crippen molar-refractivity contribution in [1.29, 1.82) is 0 Å². The van der Waals surface area contributed by atoms with Gasteiger partial charge in [-0.1, -0.05) is 47.1 Å². The Labute approximate surface area is 115 Å². The van der Waals surface area contributed by atoms with Crippen molar-refractivity contribution in [1.82, 2.24) is 0 Å². The van der Waals surface area contributed by atoms with E-state index in [9.17, 15) is 0 Å². The van der Waals surface area contributed by atoms with Crippen LogP contribution < -0.4 is 5.73 Å². The summed E-state index contributed by atoms with van der Waals surface area (Å²) in [6, 6.07) is 11.5. The molecule has 0 atom stereocenters. The van der Waals surface area contributed by atoms with Crippen LogP contribution in [0.3, 0.4) is 0 Å². The Morgan fingerprint density at radius 3 is 2.53 bits per heavy atom. The summed E-state index contributed by atoms with van der Waals surface area (Å²) in [6.07, 6.45) is 0. The van der Waals surface area contributed by atoms with Crippen molar-refractivity contribution in [2.75, 3.05) is 5.73 Å². The highest BCUT2D eigenvalue weighted by Gasteiger charge is 2.05. The zero-order chi connectivity index (χ0) is 12.4. The van der Waals surface area contributed by atoms with E-state index in [1.54, 1.807) is 17.8 Å². The molecule has 2 aromatic rings. The molecule has 0 aromatic heterocycles. The maximum absolute atomic E-state index is 6.02. The molecule has 0 unspecified atom stereocenters. The van der Waals surface area contributed by atoms with Crippen molar-refractivity contribution in [3.63, 3.8) is 0 Å². The van der Waals surface area contributed by atoms with Crippen LogP contribution in [0.1, 0.15) is 5.56 Å². The van der Waals surface area contributed by atoms with Crippen LogP contribution in [-0.4, -0.2) is 0 Å². The van der Waals surface area contributed by atoms with E-state index in [0.29, 0.717) is 10.0 Å². The highest BCUT2D eigenvalue weighted by molar-refractivity contribution is 7.99. The lowest BCUT2D eigenvalue weighted by atomic mass is 10.2. The number of benzene rings is 2. The quantitative estimate of drug-likeness (QED) is 0.782. The molecule has 0 saturated heterocycles. The molecule has 17 heavy (non-hydrogen) atoms. The Morgan fingerprint density at radius 1 is 1.06 bits per heavy atom. The molecule has 0 aliphatic carbocycles. The van der Waals surface area contributed by atoms with E-state index in [2.05, 4.69) is 0 Å². The number of aryl methyl sites for hydroxylation is 1. The van der Waals surface area contributed by atoms with Gasteiger partial charge in [0.15, 0.2) is 0 Å². The molecule has 2 aromatic carbocycles. The largest absolute Gasteiger partial charge is 0.398 e. The van der Waals surface area contributed by atoms with E-state index >= 15 is 0 Å². The molecule has 2 N–H and O–H groups in total. The van der Waals surface area contributed by atoms with Crippen LogP contribution in [0.25, 0.3) is 0 Å². The Balaban J connectivity index is 2.31. The first-order valence-electron chi connectivity index (χ1n) is 5.06. The summed E-state index contributed by atoms with van der Waals surface area (Å²) in [7, 11) is 0. The van der Waals surface area contributed by atoms with E-state index in [0.717, 1.165) is 21.0 Å². The third-order valence-electron chi connectivity index (χ3n) is 2.40. The molecule has 0 bridgehead atoms. The van der Waals surface area contributed by atoms with Crippen molar-refractivity contribution < 1.29 is 0 Å². The van der Waals surface area contributed by atoms with Gasteiger partial charge in [0.05, 0.1) is 10.0 Å². The maximum Gasteiger partial charge on any atom is 0.0603 e. The molecule has 0 amide bonds. The van der Waals surface area contributed by atoms with Gasteiger partial charge in [0, 0.05) is 15.5 Å². The smallest absolute Gasteiger partial charge is 0.0603 e. The predicted octanol–water partition coefficient (Wildman–Crippen LogP) is 5.04. The fourth-order valence-electron chi connectivity index (χ4n) is 1.41. The van der Waals surface area contributed by atoms with Crippen molar-refractivity contribution in [3.05, 3.63) is 52.0 Å². The first kappa shape index (κ1) is 12.6. The fourth-order valence-corrected chi connectivity index (χ4v) is 2.76. The van der Waals surface area contributed by atoms with Gasteiger partial charge in [-0.25, -0.2) is 0 Å². The van der Waals surface area contributed by atoms with Gasteiger partial charge in [-0.3, -0.25) is 0 Å². The molecular weight excluding hydrogens is 273 g/mol. The summed E-state index contributed by atoms with van der Waals surface area (Å²) < 4.78 is 0. The van der Waals surface area contributed by atoms with Crippen LogP contribution in [0.4, 0.5) is 5.69 Å². The third-order valence-corrected chi connectivity index (χ3v) is 4.21. The van der Waals surface area contributed by atoms with E-state index in [-0.39, 0.29) is 0 Å². The van der Waals surface area contributed by atoms with E-state index in [1.807, 2.05) is 37.3 Å². The summed E-state index contributed by atoms with van der Waals surface area (Å²) in [5.74, 6) is 0. The number of para-hydroxylation sites is 1. The molecule has 0 fully saturated rings. The number of hydrogen-bond donors (Lipinski definition) is 1. The molecule has 0 aliphatic heterocycles. The minimum atomic E-state index is 0.558. The summed E-state index contributed by atoms with van der Waals surface area (Å²) in [6.45, 7) is 1.99. The highest BCUT2D eigenvalue weighted by atomic mass is 35.5. The van der Waals surface area contributed by atoms with Gasteiger partial charge in [0.25, 0.3) is 0 Å². The van der Waals surface area contributed by atoms with Gasteiger partial charge < -0.3 is 5.73 Å².